The van der Waals surface area contributed by atoms with Crippen molar-refractivity contribution in [2.75, 3.05) is 11.9 Å². The quantitative estimate of drug-likeness (QED) is 0.574. The number of amides is 2. The third-order valence-corrected chi connectivity index (χ3v) is 4.87. The van der Waals surface area contributed by atoms with Gasteiger partial charge in [0.05, 0.1) is 33.3 Å². The number of benzene rings is 1. The average molecular weight is 433 g/mol. The van der Waals surface area contributed by atoms with Crippen LogP contribution in [0.1, 0.15) is 9.67 Å². The summed E-state index contributed by atoms with van der Waals surface area (Å²) in [5.41, 5.74) is 1.07. The van der Waals surface area contributed by atoms with Crippen molar-refractivity contribution in [3.63, 3.8) is 0 Å². The van der Waals surface area contributed by atoms with Gasteiger partial charge < -0.3 is 15.7 Å². The number of hydrogen-bond acceptors (Lipinski definition) is 6. The minimum absolute atomic E-state index is 0.122. The van der Waals surface area contributed by atoms with Gasteiger partial charge in [0.1, 0.15) is 5.75 Å². The number of nitrogens with one attached hydrogen (secondary N) is 2. The van der Waals surface area contributed by atoms with E-state index in [1.807, 2.05) is 0 Å². The standard InChI is InChI=1S/C17H13BrN4O3S/c18-14-5-4-13(26-14)17(25)21-9-15(24)22-11-7-19-16(20-8-11)10-2-1-3-12(23)6-10/h1-8,23H,9H2,(H,21,25)(H,22,24). The van der Waals surface area contributed by atoms with Crippen molar-refractivity contribution in [2.45, 2.75) is 0 Å². The van der Waals surface area contributed by atoms with Crippen LogP contribution in [-0.4, -0.2) is 33.4 Å². The molecule has 0 aliphatic rings. The van der Waals surface area contributed by atoms with Crippen LogP contribution in [0.2, 0.25) is 0 Å². The third-order valence-electron chi connectivity index (χ3n) is 3.25. The number of nitrogens with zero attached hydrogens (tertiary/aromatic N) is 2. The van der Waals surface area contributed by atoms with Crippen molar-refractivity contribution >= 4 is 44.8 Å². The van der Waals surface area contributed by atoms with Crippen molar-refractivity contribution in [2.24, 2.45) is 0 Å². The molecule has 3 rings (SSSR count). The Morgan fingerprint density at radius 2 is 1.92 bits per heavy atom. The van der Waals surface area contributed by atoms with Crippen molar-refractivity contribution in [1.82, 2.24) is 15.3 Å². The van der Waals surface area contributed by atoms with Gasteiger partial charge in [-0.05, 0) is 40.2 Å². The summed E-state index contributed by atoms with van der Waals surface area (Å²) in [4.78, 5) is 32.7. The maximum atomic E-state index is 11.9. The molecular weight excluding hydrogens is 420 g/mol. The van der Waals surface area contributed by atoms with Gasteiger partial charge in [0.25, 0.3) is 5.91 Å². The number of phenolic OH excluding ortho intramolecular Hbond substituents is 1. The van der Waals surface area contributed by atoms with E-state index in [4.69, 9.17) is 0 Å². The maximum Gasteiger partial charge on any atom is 0.261 e. The fourth-order valence-corrected chi connectivity index (χ4v) is 3.38. The Hall–Kier alpha value is -2.78. The second-order valence-corrected chi connectivity index (χ2v) is 7.64. The van der Waals surface area contributed by atoms with Gasteiger partial charge in [-0.2, -0.15) is 0 Å². The zero-order valence-electron chi connectivity index (χ0n) is 13.3. The van der Waals surface area contributed by atoms with E-state index in [2.05, 4.69) is 36.5 Å². The smallest absolute Gasteiger partial charge is 0.261 e. The number of phenols is 1. The van der Waals surface area contributed by atoms with E-state index >= 15 is 0 Å². The molecule has 9 heteroatoms. The minimum atomic E-state index is -0.386. The van der Waals surface area contributed by atoms with Crippen LogP contribution >= 0.6 is 27.3 Å². The molecule has 2 amide bonds. The molecule has 3 aromatic rings. The van der Waals surface area contributed by atoms with E-state index < -0.39 is 0 Å². The zero-order chi connectivity index (χ0) is 18.5. The van der Waals surface area contributed by atoms with Crippen LogP contribution in [0.3, 0.4) is 0 Å². The lowest BCUT2D eigenvalue weighted by molar-refractivity contribution is -0.115. The van der Waals surface area contributed by atoms with E-state index in [9.17, 15) is 14.7 Å². The molecule has 3 N–H and O–H groups in total. The van der Waals surface area contributed by atoms with Crippen molar-refractivity contribution < 1.29 is 14.7 Å². The van der Waals surface area contributed by atoms with Crippen LogP contribution in [0.4, 0.5) is 5.69 Å². The molecule has 2 aromatic heterocycles. The molecule has 2 heterocycles. The molecule has 0 aliphatic carbocycles. The van der Waals surface area contributed by atoms with E-state index in [0.29, 0.717) is 22.0 Å². The molecule has 26 heavy (non-hydrogen) atoms. The van der Waals surface area contributed by atoms with Crippen LogP contribution in [0.15, 0.2) is 52.6 Å². The Morgan fingerprint density at radius 3 is 2.58 bits per heavy atom. The molecule has 0 radical (unpaired) electrons. The summed E-state index contributed by atoms with van der Waals surface area (Å²) < 4.78 is 0.844. The first-order valence-electron chi connectivity index (χ1n) is 7.46. The van der Waals surface area contributed by atoms with E-state index in [1.165, 1.54) is 23.7 Å². The van der Waals surface area contributed by atoms with Crippen molar-refractivity contribution in [1.29, 1.82) is 0 Å². The lowest BCUT2D eigenvalue weighted by atomic mass is 10.2. The predicted molar refractivity (Wildman–Crippen MR) is 102 cm³/mol. The molecule has 132 valence electrons. The summed E-state index contributed by atoms with van der Waals surface area (Å²) in [6.07, 6.45) is 2.92. The lowest BCUT2D eigenvalue weighted by Gasteiger charge is -2.06. The SMILES string of the molecule is O=C(CNC(=O)c1ccc(Br)s1)Nc1cnc(-c2cccc(O)c2)nc1. The van der Waals surface area contributed by atoms with Gasteiger partial charge in [-0.15, -0.1) is 11.3 Å². The highest BCUT2D eigenvalue weighted by atomic mass is 79.9. The number of aromatic hydroxyl groups is 1. The monoisotopic (exact) mass is 432 g/mol. The van der Waals surface area contributed by atoms with Gasteiger partial charge in [-0.3, -0.25) is 9.59 Å². The van der Waals surface area contributed by atoms with Crippen molar-refractivity contribution in [3.8, 4) is 17.1 Å². The molecule has 0 spiro atoms. The molecule has 1 aromatic carbocycles. The largest absolute Gasteiger partial charge is 0.508 e. The van der Waals surface area contributed by atoms with Crippen molar-refractivity contribution in [3.05, 3.63) is 57.5 Å². The fraction of sp³-hybridized carbons (Fsp3) is 0.0588. The topological polar surface area (TPSA) is 104 Å². The molecular formula is C17H13BrN4O3S. The zero-order valence-corrected chi connectivity index (χ0v) is 15.7. The van der Waals surface area contributed by atoms with E-state index in [-0.39, 0.29) is 24.1 Å². The predicted octanol–water partition coefficient (Wildman–Crippen LogP) is 3.04. The number of aromatic nitrogens is 2. The molecule has 0 bridgehead atoms. The van der Waals surface area contributed by atoms with Gasteiger partial charge in [0, 0.05) is 5.56 Å². The summed E-state index contributed by atoms with van der Waals surface area (Å²) in [5.74, 6) is -0.151. The molecule has 0 unspecified atom stereocenters. The summed E-state index contributed by atoms with van der Waals surface area (Å²) in [6.45, 7) is -0.164. The number of thiophene rings is 1. The molecule has 0 atom stereocenters. The molecule has 7 nitrogen and oxygen atoms in total. The number of carbonyl (C=O) groups is 2. The van der Waals surface area contributed by atoms with Gasteiger partial charge in [0.2, 0.25) is 5.91 Å². The van der Waals surface area contributed by atoms with Crippen LogP contribution in [0.5, 0.6) is 5.75 Å². The number of halogens is 1. The molecule has 0 saturated heterocycles. The number of carbonyl (C=O) groups excluding carboxylic acids is 2. The summed E-state index contributed by atoms with van der Waals surface area (Å²) in [7, 11) is 0. The van der Waals surface area contributed by atoms with Crippen LogP contribution in [0, 0.1) is 0 Å². The Labute approximate surface area is 161 Å². The molecule has 0 aliphatic heterocycles. The first kappa shape index (κ1) is 18.0. The molecule has 0 saturated carbocycles. The van der Waals surface area contributed by atoms with Gasteiger partial charge in [-0.1, -0.05) is 12.1 Å². The average Bonchev–Trinajstić information content (AvgIpc) is 3.07. The highest BCUT2D eigenvalue weighted by Crippen LogP contribution is 2.22. The first-order chi connectivity index (χ1) is 12.5. The Kier molecular flexibility index (Phi) is 5.59. The normalized spacial score (nSPS) is 10.3. The second kappa shape index (κ2) is 8.07. The second-order valence-electron chi connectivity index (χ2n) is 5.18. The number of hydrogen-bond donors (Lipinski definition) is 3. The summed E-state index contributed by atoms with van der Waals surface area (Å²) in [5, 5.41) is 14.6. The number of anilines is 1. The van der Waals surface area contributed by atoms with Crippen LogP contribution in [-0.2, 0) is 4.79 Å². The lowest BCUT2D eigenvalue weighted by Crippen LogP contribution is -2.32. The Morgan fingerprint density at radius 1 is 1.15 bits per heavy atom. The molecule has 0 fully saturated rings. The number of rotatable bonds is 5. The van der Waals surface area contributed by atoms with E-state index in [1.54, 1.807) is 36.4 Å². The highest BCUT2D eigenvalue weighted by Gasteiger charge is 2.11. The van der Waals surface area contributed by atoms with Gasteiger partial charge >= 0.3 is 0 Å². The Bertz CT molecular complexity index is 943. The van der Waals surface area contributed by atoms with Gasteiger partial charge in [0.15, 0.2) is 5.82 Å². The highest BCUT2D eigenvalue weighted by molar-refractivity contribution is 9.11. The summed E-state index contributed by atoms with van der Waals surface area (Å²) >= 11 is 4.57. The third kappa shape index (κ3) is 4.64. The van der Waals surface area contributed by atoms with E-state index in [0.717, 1.165) is 3.79 Å². The van der Waals surface area contributed by atoms with Gasteiger partial charge in [-0.25, -0.2) is 9.97 Å². The fourth-order valence-electron chi connectivity index (χ4n) is 2.08. The van der Waals surface area contributed by atoms with Crippen LogP contribution in [0.25, 0.3) is 11.4 Å². The maximum absolute atomic E-state index is 11.9. The first-order valence-corrected chi connectivity index (χ1v) is 9.07. The summed E-state index contributed by atoms with van der Waals surface area (Å²) in [6, 6.07) is 10.0. The minimum Gasteiger partial charge on any atom is -0.508 e. The Balaban J connectivity index is 1.55. The van der Waals surface area contributed by atoms with Crippen LogP contribution < -0.4 is 10.6 Å².